The first-order valence-corrected chi connectivity index (χ1v) is 8.54. The van der Waals surface area contributed by atoms with Gasteiger partial charge in [-0.3, -0.25) is 0 Å². The molecule has 116 valence electrons. The second kappa shape index (κ2) is 7.28. The van der Waals surface area contributed by atoms with Gasteiger partial charge in [-0.25, -0.2) is 0 Å². The van der Waals surface area contributed by atoms with Gasteiger partial charge in [-0.05, 0) is 53.7 Å². The summed E-state index contributed by atoms with van der Waals surface area (Å²) < 4.78 is 0. The fourth-order valence-corrected chi connectivity index (χ4v) is 3.19. The van der Waals surface area contributed by atoms with Crippen molar-refractivity contribution < 1.29 is 0 Å². The molecule has 0 heterocycles. The number of hydrogen-bond donors (Lipinski definition) is 0. The fourth-order valence-electron chi connectivity index (χ4n) is 3.19. The molecule has 2 aromatic rings. The second-order valence-electron chi connectivity index (χ2n) is 5.96. The van der Waals surface area contributed by atoms with Crippen LogP contribution in [0.15, 0.2) is 72.4 Å². The highest BCUT2D eigenvalue weighted by Crippen LogP contribution is 2.32. The van der Waals surface area contributed by atoms with E-state index in [1.165, 1.54) is 33.0 Å². The lowest BCUT2D eigenvalue weighted by atomic mass is 9.91. The van der Waals surface area contributed by atoms with Gasteiger partial charge in [-0.2, -0.15) is 0 Å². The summed E-state index contributed by atoms with van der Waals surface area (Å²) in [7, 11) is 0. The van der Waals surface area contributed by atoms with Crippen LogP contribution in [0.25, 0.3) is 22.4 Å². The van der Waals surface area contributed by atoms with Gasteiger partial charge >= 0.3 is 0 Å². The molecule has 0 aromatic heterocycles. The Kier molecular flexibility index (Phi) is 4.92. The van der Waals surface area contributed by atoms with Gasteiger partial charge < -0.3 is 0 Å². The van der Waals surface area contributed by atoms with E-state index in [1.54, 1.807) is 0 Å². The average Bonchev–Trinajstić information content (AvgIpc) is 2.63. The topological polar surface area (TPSA) is 0 Å². The third kappa shape index (κ3) is 3.37. The summed E-state index contributed by atoms with van der Waals surface area (Å²) in [5.41, 5.74) is 5.49. The number of hydrogen-bond acceptors (Lipinski definition) is 0. The molecule has 0 N–H and O–H groups in total. The maximum atomic E-state index is 2.29. The molecular formula is C23H24. The smallest absolute Gasteiger partial charge is 0.0103 e. The van der Waals surface area contributed by atoms with Crippen LogP contribution < -0.4 is 0 Å². The number of rotatable bonds is 4. The Morgan fingerprint density at radius 1 is 1.09 bits per heavy atom. The van der Waals surface area contributed by atoms with Crippen molar-refractivity contribution in [1.29, 1.82) is 0 Å². The molecule has 0 saturated heterocycles. The van der Waals surface area contributed by atoms with Gasteiger partial charge in [0.1, 0.15) is 0 Å². The van der Waals surface area contributed by atoms with Gasteiger partial charge in [0.05, 0.1) is 0 Å². The van der Waals surface area contributed by atoms with E-state index in [4.69, 9.17) is 0 Å². The van der Waals surface area contributed by atoms with Gasteiger partial charge in [0, 0.05) is 0 Å². The molecule has 0 unspecified atom stereocenters. The highest BCUT2D eigenvalue weighted by atomic mass is 14.1. The normalized spacial score (nSPS) is 15.4. The molecule has 0 spiro atoms. The van der Waals surface area contributed by atoms with Crippen molar-refractivity contribution >= 4 is 22.4 Å². The standard InChI is InChI=1S/C23H24/c1-3-18(4-2)14-15-20-16-17-22(19-10-6-5-7-11-19)23-13-9-8-12-21(20)23/h3,5-6,8-10,12-17H,4,7,11H2,1-2H3. The Balaban J connectivity index is 2.09. The maximum absolute atomic E-state index is 2.29. The third-order valence-corrected chi connectivity index (χ3v) is 4.57. The van der Waals surface area contributed by atoms with Crippen LogP contribution in [0, 0.1) is 0 Å². The number of benzene rings is 2. The first kappa shape index (κ1) is 15.6. The van der Waals surface area contributed by atoms with Crippen LogP contribution in [0.3, 0.4) is 0 Å². The Labute approximate surface area is 139 Å². The van der Waals surface area contributed by atoms with Gasteiger partial charge in [0.25, 0.3) is 0 Å². The predicted molar refractivity (Wildman–Crippen MR) is 103 cm³/mol. The van der Waals surface area contributed by atoms with E-state index in [0.29, 0.717) is 0 Å². The second-order valence-corrected chi connectivity index (χ2v) is 5.96. The van der Waals surface area contributed by atoms with Crippen LogP contribution >= 0.6 is 0 Å². The van der Waals surface area contributed by atoms with Crippen LogP contribution in [0.5, 0.6) is 0 Å². The molecule has 0 nitrogen and oxygen atoms in total. The Bertz CT molecular complexity index is 813. The van der Waals surface area contributed by atoms with E-state index in [-0.39, 0.29) is 0 Å². The Morgan fingerprint density at radius 2 is 1.91 bits per heavy atom. The van der Waals surface area contributed by atoms with E-state index < -0.39 is 0 Å². The molecule has 0 amide bonds. The summed E-state index contributed by atoms with van der Waals surface area (Å²) in [5.74, 6) is 0. The largest absolute Gasteiger partial charge is 0.0845 e. The summed E-state index contributed by atoms with van der Waals surface area (Å²) in [6.45, 7) is 4.30. The lowest BCUT2D eigenvalue weighted by molar-refractivity contribution is 1.06. The predicted octanol–water partition coefficient (Wildman–Crippen LogP) is 6.94. The van der Waals surface area contributed by atoms with Gasteiger partial charge in [-0.1, -0.05) is 85.4 Å². The van der Waals surface area contributed by atoms with E-state index in [2.05, 4.69) is 86.7 Å². The van der Waals surface area contributed by atoms with Gasteiger partial charge in [0.15, 0.2) is 0 Å². The SMILES string of the molecule is CC=C(C=Cc1ccc(C2=CC=CCC2)c2ccccc12)CC. The van der Waals surface area contributed by atoms with Crippen molar-refractivity contribution in [1.82, 2.24) is 0 Å². The van der Waals surface area contributed by atoms with E-state index in [9.17, 15) is 0 Å². The minimum absolute atomic E-state index is 1.07. The Morgan fingerprint density at radius 3 is 2.61 bits per heavy atom. The van der Waals surface area contributed by atoms with E-state index >= 15 is 0 Å². The van der Waals surface area contributed by atoms with Crippen LogP contribution in [-0.2, 0) is 0 Å². The van der Waals surface area contributed by atoms with Crippen LogP contribution in [0.1, 0.15) is 44.2 Å². The van der Waals surface area contributed by atoms with Crippen LogP contribution in [0.4, 0.5) is 0 Å². The zero-order valence-corrected chi connectivity index (χ0v) is 14.0. The molecular weight excluding hydrogens is 276 g/mol. The summed E-state index contributed by atoms with van der Waals surface area (Å²) in [6.07, 6.45) is 16.7. The molecule has 0 atom stereocenters. The first-order valence-electron chi connectivity index (χ1n) is 8.54. The quantitative estimate of drug-likeness (QED) is 0.536. The maximum Gasteiger partial charge on any atom is -0.0103 e. The summed E-state index contributed by atoms with van der Waals surface area (Å²) in [5, 5.41) is 2.69. The molecule has 0 saturated carbocycles. The lowest BCUT2D eigenvalue weighted by Gasteiger charge is -2.14. The van der Waals surface area contributed by atoms with Crippen LogP contribution in [0.2, 0.25) is 0 Å². The summed E-state index contributed by atoms with van der Waals surface area (Å²) in [4.78, 5) is 0. The minimum Gasteiger partial charge on any atom is -0.0845 e. The Hall–Kier alpha value is -2.34. The molecule has 0 fully saturated rings. The summed E-state index contributed by atoms with van der Waals surface area (Å²) >= 11 is 0. The van der Waals surface area contributed by atoms with Gasteiger partial charge in [-0.15, -0.1) is 0 Å². The fraction of sp³-hybridized carbons (Fsp3) is 0.217. The molecule has 23 heavy (non-hydrogen) atoms. The van der Waals surface area contributed by atoms with Crippen molar-refractivity contribution in [2.45, 2.75) is 33.1 Å². The molecule has 1 aliphatic rings. The minimum atomic E-state index is 1.07. The monoisotopic (exact) mass is 300 g/mol. The molecule has 0 heteroatoms. The molecule has 1 aliphatic carbocycles. The number of fused-ring (bicyclic) bond motifs is 1. The van der Waals surface area contributed by atoms with E-state index in [1.807, 2.05) is 0 Å². The zero-order valence-electron chi connectivity index (χ0n) is 14.0. The lowest BCUT2D eigenvalue weighted by Crippen LogP contribution is -1.91. The van der Waals surface area contributed by atoms with Crippen molar-refractivity contribution in [3.05, 3.63) is 83.5 Å². The summed E-state index contributed by atoms with van der Waals surface area (Å²) in [6, 6.07) is 13.3. The van der Waals surface area contributed by atoms with Crippen LogP contribution in [-0.4, -0.2) is 0 Å². The van der Waals surface area contributed by atoms with Gasteiger partial charge in [0.2, 0.25) is 0 Å². The molecule has 2 aromatic carbocycles. The molecule has 3 rings (SSSR count). The zero-order chi connectivity index (χ0) is 16.1. The first-order chi connectivity index (χ1) is 11.3. The molecule has 0 aliphatic heterocycles. The van der Waals surface area contributed by atoms with Crippen molar-refractivity contribution in [3.8, 4) is 0 Å². The van der Waals surface area contributed by atoms with Crippen molar-refractivity contribution in [2.75, 3.05) is 0 Å². The average molecular weight is 300 g/mol. The van der Waals surface area contributed by atoms with E-state index in [0.717, 1.165) is 19.3 Å². The third-order valence-electron chi connectivity index (χ3n) is 4.57. The molecule has 0 radical (unpaired) electrons. The number of allylic oxidation sites excluding steroid dienone is 7. The highest BCUT2D eigenvalue weighted by molar-refractivity contribution is 5.99. The van der Waals surface area contributed by atoms with Crippen molar-refractivity contribution in [2.24, 2.45) is 0 Å². The highest BCUT2D eigenvalue weighted by Gasteiger charge is 2.09. The van der Waals surface area contributed by atoms with Crippen molar-refractivity contribution in [3.63, 3.8) is 0 Å². The molecule has 0 bridgehead atoms.